The van der Waals surface area contributed by atoms with Gasteiger partial charge in [0.15, 0.2) is 6.04 Å². The monoisotopic (exact) mass is 333 g/mol. The third-order valence-corrected chi connectivity index (χ3v) is 3.44. The van der Waals surface area contributed by atoms with Crippen LogP contribution >= 0.6 is 0 Å². The van der Waals surface area contributed by atoms with Gasteiger partial charge in [0.05, 0.1) is 0 Å². The fourth-order valence-electron chi connectivity index (χ4n) is 2.14. The Morgan fingerprint density at radius 2 is 2.04 bits per heavy atom. The van der Waals surface area contributed by atoms with Crippen molar-refractivity contribution in [1.29, 1.82) is 0 Å². The van der Waals surface area contributed by atoms with Gasteiger partial charge in [0.2, 0.25) is 0 Å². The van der Waals surface area contributed by atoms with E-state index in [1.165, 1.54) is 31.2 Å². The summed E-state index contributed by atoms with van der Waals surface area (Å²) in [5, 5.41) is 15.5. The molecule has 1 amide bonds. The lowest BCUT2D eigenvalue weighted by Crippen LogP contribution is -2.35. The molecule has 0 saturated heterocycles. The number of rotatable bonds is 5. The van der Waals surface area contributed by atoms with Crippen LogP contribution < -0.4 is 10.9 Å². The largest absolute Gasteiger partial charge is 0.479 e. The zero-order valence-corrected chi connectivity index (χ0v) is 13.1. The number of halogens is 1. The summed E-state index contributed by atoms with van der Waals surface area (Å²) in [6.45, 7) is 3.47. The quantitative estimate of drug-likeness (QED) is 0.858. The topological polar surface area (TPSA) is 101 Å². The fraction of sp³-hybridized carbons (Fsp3) is 0.250. The smallest absolute Gasteiger partial charge is 0.330 e. The molecule has 0 aliphatic rings. The summed E-state index contributed by atoms with van der Waals surface area (Å²) in [4.78, 5) is 35.2. The first-order valence-electron chi connectivity index (χ1n) is 7.21. The summed E-state index contributed by atoms with van der Waals surface area (Å²) in [5.74, 6) is -2.50. The van der Waals surface area contributed by atoms with Crippen LogP contribution in [0.25, 0.3) is 0 Å². The van der Waals surface area contributed by atoms with Gasteiger partial charge in [-0.1, -0.05) is 12.1 Å². The standard InChI is InChI=1S/C16H16FN3O4/c1-3-20-13(21)7-6-12(19-20)15(22)18-14(16(23)24)10-4-5-11(17)9(2)8-10/h4-8,14H,3H2,1-2H3,(H,18,22)(H,23,24). The number of aromatic nitrogens is 2. The Hall–Kier alpha value is -3.03. The van der Waals surface area contributed by atoms with E-state index < -0.39 is 23.7 Å². The van der Waals surface area contributed by atoms with Crippen molar-refractivity contribution in [3.8, 4) is 0 Å². The maximum Gasteiger partial charge on any atom is 0.330 e. The van der Waals surface area contributed by atoms with Gasteiger partial charge >= 0.3 is 5.97 Å². The lowest BCUT2D eigenvalue weighted by molar-refractivity contribution is -0.139. The number of carboxylic acids is 1. The molecule has 0 aliphatic heterocycles. The van der Waals surface area contributed by atoms with Crippen molar-refractivity contribution in [1.82, 2.24) is 15.1 Å². The average Bonchev–Trinajstić information content (AvgIpc) is 2.55. The summed E-state index contributed by atoms with van der Waals surface area (Å²) in [6.07, 6.45) is 0. The van der Waals surface area contributed by atoms with Crippen molar-refractivity contribution in [3.05, 3.63) is 63.3 Å². The number of aryl methyl sites for hydroxylation is 2. The lowest BCUT2D eigenvalue weighted by atomic mass is 10.0. The normalized spacial score (nSPS) is 11.8. The van der Waals surface area contributed by atoms with E-state index in [4.69, 9.17) is 0 Å². The van der Waals surface area contributed by atoms with E-state index in [-0.39, 0.29) is 28.9 Å². The Bertz CT molecular complexity index is 847. The summed E-state index contributed by atoms with van der Waals surface area (Å²) in [6, 6.07) is 4.83. The van der Waals surface area contributed by atoms with Crippen LogP contribution in [0.5, 0.6) is 0 Å². The molecule has 2 rings (SSSR count). The number of hydrogen-bond donors (Lipinski definition) is 2. The van der Waals surface area contributed by atoms with Gasteiger partial charge in [0, 0.05) is 12.6 Å². The van der Waals surface area contributed by atoms with Gasteiger partial charge in [-0.05, 0) is 37.1 Å². The number of carbonyl (C=O) groups excluding carboxylic acids is 1. The van der Waals surface area contributed by atoms with Crippen LogP contribution in [0.4, 0.5) is 4.39 Å². The number of hydrogen-bond acceptors (Lipinski definition) is 4. The molecule has 7 nitrogen and oxygen atoms in total. The molecule has 0 radical (unpaired) electrons. The minimum atomic E-state index is -1.36. The van der Waals surface area contributed by atoms with Gasteiger partial charge in [-0.2, -0.15) is 5.10 Å². The highest BCUT2D eigenvalue weighted by atomic mass is 19.1. The molecule has 1 heterocycles. The van der Waals surface area contributed by atoms with Gasteiger partial charge in [-0.3, -0.25) is 9.59 Å². The Morgan fingerprint density at radius 3 is 2.62 bits per heavy atom. The van der Waals surface area contributed by atoms with E-state index in [9.17, 15) is 23.9 Å². The van der Waals surface area contributed by atoms with Crippen LogP contribution in [-0.4, -0.2) is 26.8 Å². The summed E-state index contributed by atoms with van der Waals surface area (Å²) in [5.41, 5.74) is 0.0590. The molecule has 2 N–H and O–H groups in total. The second-order valence-corrected chi connectivity index (χ2v) is 5.13. The van der Waals surface area contributed by atoms with E-state index >= 15 is 0 Å². The van der Waals surface area contributed by atoms with E-state index in [1.807, 2.05) is 0 Å². The number of carbonyl (C=O) groups is 2. The van der Waals surface area contributed by atoms with Crippen molar-refractivity contribution in [2.24, 2.45) is 0 Å². The average molecular weight is 333 g/mol. The molecule has 0 fully saturated rings. The summed E-state index contributed by atoms with van der Waals surface area (Å²) >= 11 is 0. The van der Waals surface area contributed by atoms with E-state index in [0.717, 1.165) is 10.7 Å². The van der Waals surface area contributed by atoms with Crippen LogP contribution in [0.2, 0.25) is 0 Å². The molecular weight excluding hydrogens is 317 g/mol. The van der Waals surface area contributed by atoms with Crippen LogP contribution in [0.1, 0.15) is 34.6 Å². The van der Waals surface area contributed by atoms with E-state index in [1.54, 1.807) is 6.92 Å². The Balaban J connectivity index is 2.30. The number of benzene rings is 1. The predicted octanol–water partition coefficient (Wildman–Crippen LogP) is 1.27. The molecule has 1 atom stereocenters. The van der Waals surface area contributed by atoms with Crippen molar-refractivity contribution in [3.63, 3.8) is 0 Å². The minimum absolute atomic E-state index is 0.0819. The predicted molar refractivity (Wildman–Crippen MR) is 83.2 cm³/mol. The molecule has 0 bridgehead atoms. The molecule has 126 valence electrons. The molecule has 1 unspecified atom stereocenters. The number of aliphatic carboxylic acids is 1. The molecule has 8 heteroatoms. The van der Waals surface area contributed by atoms with Crippen molar-refractivity contribution in [2.75, 3.05) is 0 Å². The van der Waals surface area contributed by atoms with E-state index in [0.29, 0.717) is 0 Å². The zero-order valence-electron chi connectivity index (χ0n) is 13.1. The minimum Gasteiger partial charge on any atom is -0.479 e. The Labute approximate surface area is 136 Å². The van der Waals surface area contributed by atoms with Crippen LogP contribution in [0, 0.1) is 12.7 Å². The van der Waals surface area contributed by atoms with Crippen molar-refractivity contribution >= 4 is 11.9 Å². The Kier molecular flexibility index (Phi) is 5.08. The van der Waals surface area contributed by atoms with Gasteiger partial charge in [-0.15, -0.1) is 0 Å². The first-order chi connectivity index (χ1) is 11.3. The zero-order chi connectivity index (χ0) is 17.9. The van der Waals surface area contributed by atoms with E-state index in [2.05, 4.69) is 10.4 Å². The molecule has 1 aromatic heterocycles. The van der Waals surface area contributed by atoms with Crippen molar-refractivity contribution in [2.45, 2.75) is 26.4 Å². The highest BCUT2D eigenvalue weighted by molar-refractivity contribution is 5.95. The third-order valence-electron chi connectivity index (χ3n) is 3.44. The maximum absolute atomic E-state index is 13.3. The molecule has 0 saturated carbocycles. The highest BCUT2D eigenvalue weighted by Gasteiger charge is 2.24. The van der Waals surface area contributed by atoms with Crippen molar-refractivity contribution < 1.29 is 19.1 Å². The number of nitrogens with zero attached hydrogens (tertiary/aromatic N) is 2. The van der Waals surface area contributed by atoms with Gasteiger partial charge in [0.25, 0.3) is 11.5 Å². The SMILES string of the molecule is CCn1nc(C(=O)NC(C(=O)O)c2ccc(F)c(C)c2)ccc1=O. The van der Waals surface area contributed by atoms with Crippen LogP contribution in [0.15, 0.2) is 35.1 Å². The van der Waals surface area contributed by atoms with Gasteiger partial charge < -0.3 is 10.4 Å². The molecule has 0 spiro atoms. The molecule has 0 aliphatic carbocycles. The third kappa shape index (κ3) is 3.65. The maximum atomic E-state index is 13.3. The van der Waals surface area contributed by atoms with Crippen LogP contribution in [0.3, 0.4) is 0 Å². The second-order valence-electron chi connectivity index (χ2n) is 5.13. The summed E-state index contributed by atoms with van der Waals surface area (Å²) in [7, 11) is 0. The first kappa shape index (κ1) is 17.3. The molecular formula is C16H16FN3O4. The molecule has 2 aromatic rings. The van der Waals surface area contributed by atoms with Gasteiger partial charge in [-0.25, -0.2) is 13.9 Å². The Morgan fingerprint density at radius 1 is 1.33 bits per heavy atom. The molecule has 1 aromatic carbocycles. The second kappa shape index (κ2) is 7.03. The van der Waals surface area contributed by atoms with Crippen LogP contribution in [-0.2, 0) is 11.3 Å². The number of nitrogens with one attached hydrogen (secondary N) is 1. The first-order valence-corrected chi connectivity index (χ1v) is 7.21. The lowest BCUT2D eigenvalue weighted by Gasteiger charge is -2.15. The number of carboxylic acid groups (broad SMARTS) is 1. The highest BCUT2D eigenvalue weighted by Crippen LogP contribution is 2.17. The summed E-state index contributed by atoms with van der Waals surface area (Å²) < 4.78 is 14.4. The fourth-order valence-corrected chi connectivity index (χ4v) is 2.14. The number of amides is 1. The molecule has 24 heavy (non-hydrogen) atoms. The van der Waals surface area contributed by atoms with Gasteiger partial charge in [0.1, 0.15) is 11.5 Å².